The Bertz CT molecular complexity index is 1240. The highest BCUT2D eigenvalue weighted by molar-refractivity contribution is 6.10. The number of fused-ring (bicyclic) bond motifs is 2. The zero-order valence-corrected chi connectivity index (χ0v) is 21.5. The number of imide groups is 1. The van der Waals surface area contributed by atoms with Crippen molar-refractivity contribution >= 4 is 23.8 Å². The van der Waals surface area contributed by atoms with Crippen molar-refractivity contribution in [3.8, 4) is 0 Å². The van der Waals surface area contributed by atoms with Gasteiger partial charge in [0.1, 0.15) is 24.3 Å². The van der Waals surface area contributed by atoms with Gasteiger partial charge in [-0.2, -0.15) is 0 Å². The first kappa shape index (κ1) is 24.9. The molecule has 0 unspecified atom stereocenters. The van der Waals surface area contributed by atoms with Gasteiger partial charge < -0.3 is 15.1 Å². The first-order valence-electron chi connectivity index (χ1n) is 12.8. The minimum absolute atomic E-state index is 0.0537. The monoisotopic (exact) mass is 507 g/mol. The van der Waals surface area contributed by atoms with Gasteiger partial charge in [-0.15, -0.1) is 5.10 Å². The van der Waals surface area contributed by atoms with Gasteiger partial charge in [0.2, 0.25) is 11.8 Å². The third kappa shape index (κ3) is 4.47. The van der Waals surface area contributed by atoms with Crippen LogP contribution in [0.3, 0.4) is 0 Å². The number of aromatic nitrogens is 3. The molecule has 3 aliphatic rings. The van der Waals surface area contributed by atoms with Crippen molar-refractivity contribution in [1.29, 1.82) is 0 Å². The molecule has 2 aromatic rings. The molecule has 2 fully saturated rings. The Balaban J connectivity index is 1.33. The summed E-state index contributed by atoms with van der Waals surface area (Å²) in [5, 5.41) is 11.1. The van der Waals surface area contributed by atoms with Gasteiger partial charge in [0.05, 0.1) is 12.7 Å². The van der Waals surface area contributed by atoms with Crippen molar-refractivity contribution < 1.29 is 19.2 Å². The topological polar surface area (TPSA) is 121 Å². The van der Waals surface area contributed by atoms with E-state index in [0.29, 0.717) is 24.5 Å². The largest absolute Gasteiger partial charge is 0.347 e. The first-order valence-corrected chi connectivity index (χ1v) is 12.8. The fourth-order valence-electron chi connectivity index (χ4n) is 5.54. The van der Waals surface area contributed by atoms with Crippen molar-refractivity contribution in [3.63, 3.8) is 0 Å². The minimum atomic E-state index is -1.10. The molecule has 1 spiro atoms. The number of nitrogens with zero attached hydrogens (tertiary/aromatic N) is 6. The van der Waals surface area contributed by atoms with Crippen LogP contribution in [0, 0.1) is 5.92 Å². The van der Waals surface area contributed by atoms with Crippen molar-refractivity contribution in [1.82, 2.24) is 35.0 Å². The van der Waals surface area contributed by atoms with E-state index in [0.717, 1.165) is 35.3 Å². The van der Waals surface area contributed by atoms with E-state index in [-0.39, 0.29) is 43.4 Å². The third-order valence-corrected chi connectivity index (χ3v) is 8.07. The second kappa shape index (κ2) is 9.60. The number of carbonyl (C=O) groups excluding carboxylic acids is 4. The zero-order chi connectivity index (χ0) is 26.3. The molecule has 2 atom stereocenters. The Morgan fingerprint density at radius 2 is 1.92 bits per heavy atom. The van der Waals surface area contributed by atoms with E-state index < -0.39 is 11.6 Å². The quantitative estimate of drug-likeness (QED) is 0.538. The minimum Gasteiger partial charge on any atom is -0.347 e. The van der Waals surface area contributed by atoms with E-state index in [1.165, 1.54) is 9.58 Å². The Morgan fingerprint density at radius 3 is 2.62 bits per heavy atom. The summed E-state index contributed by atoms with van der Waals surface area (Å²) in [5.74, 6) is -0.455. The van der Waals surface area contributed by atoms with Crippen molar-refractivity contribution in [2.75, 3.05) is 20.6 Å². The normalized spacial score (nSPS) is 21.5. The van der Waals surface area contributed by atoms with E-state index in [9.17, 15) is 19.2 Å². The van der Waals surface area contributed by atoms with Crippen molar-refractivity contribution in [3.05, 3.63) is 47.3 Å². The van der Waals surface area contributed by atoms with Crippen LogP contribution in [-0.4, -0.2) is 80.1 Å². The van der Waals surface area contributed by atoms with Gasteiger partial charge in [0.25, 0.3) is 5.91 Å². The molecule has 2 aliphatic carbocycles. The van der Waals surface area contributed by atoms with E-state index in [2.05, 4.69) is 15.6 Å². The molecule has 1 N–H and O–H groups in total. The molecule has 1 saturated carbocycles. The molecule has 1 aliphatic heterocycles. The maximum atomic E-state index is 13.6. The Kier molecular flexibility index (Phi) is 6.47. The van der Waals surface area contributed by atoms with Crippen LogP contribution in [0.25, 0.3) is 0 Å². The number of amides is 5. The number of nitrogens with one attached hydrogen (secondary N) is 1. The maximum absolute atomic E-state index is 13.6. The standard InChI is InChI=1S/C26H33N7O4/c1-17(18-8-6-9-18)32(14-20-13-31(29-28-20)15-22(34)30(2)3)23(35)16-33-24(36)26(27-25(33)37)12-11-19-7-4-5-10-21(19)26/h4-5,7,10,13,17-18H,6,8-9,11-12,14-16H2,1-3H3,(H,27,37)/t17-,26+/m0/s1. The molecule has 0 radical (unpaired) electrons. The molecule has 1 aromatic carbocycles. The predicted octanol–water partition coefficient (Wildman–Crippen LogP) is 1.28. The van der Waals surface area contributed by atoms with Crippen LogP contribution in [0.1, 0.15) is 49.4 Å². The predicted molar refractivity (Wildman–Crippen MR) is 133 cm³/mol. The number of likely N-dealkylation sites (N-methyl/N-ethyl adjacent to an activating group) is 1. The summed E-state index contributed by atoms with van der Waals surface area (Å²) in [6.45, 7) is 1.91. The van der Waals surface area contributed by atoms with Gasteiger partial charge in [-0.3, -0.25) is 19.3 Å². The van der Waals surface area contributed by atoms with Gasteiger partial charge >= 0.3 is 6.03 Å². The average Bonchev–Trinajstić information content (AvgIpc) is 3.50. The highest BCUT2D eigenvalue weighted by Gasteiger charge is 2.55. The third-order valence-electron chi connectivity index (χ3n) is 8.07. The molecule has 1 aromatic heterocycles. The Hall–Kier alpha value is -3.76. The molecule has 5 amide bonds. The van der Waals surface area contributed by atoms with E-state index in [4.69, 9.17) is 0 Å². The van der Waals surface area contributed by atoms with Crippen LogP contribution < -0.4 is 5.32 Å². The summed E-state index contributed by atoms with van der Waals surface area (Å²) in [6.07, 6.45) is 6.01. The van der Waals surface area contributed by atoms with E-state index in [1.807, 2.05) is 31.2 Å². The maximum Gasteiger partial charge on any atom is 0.325 e. The SMILES string of the molecule is C[C@@H](C1CCC1)N(Cc1cn(CC(=O)N(C)C)nn1)C(=O)CN1C(=O)N[C@@]2(CCc3ccccc32)C1=O. The number of hydrogen-bond acceptors (Lipinski definition) is 6. The fourth-order valence-corrected chi connectivity index (χ4v) is 5.54. The van der Waals surface area contributed by atoms with Crippen LogP contribution in [0.5, 0.6) is 0 Å². The lowest BCUT2D eigenvalue weighted by Gasteiger charge is -2.39. The second-order valence-corrected chi connectivity index (χ2v) is 10.5. The molecule has 2 heterocycles. The van der Waals surface area contributed by atoms with Gasteiger partial charge in [-0.1, -0.05) is 35.9 Å². The Labute approximate surface area is 215 Å². The highest BCUT2D eigenvalue weighted by Crippen LogP contribution is 2.41. The lowest BCUT2D eigenvalue weighted by molar-refractivity contribution is -0.142. The number of rotatable bonds is 8. The second-order valence-electron chi connectivity index (χ2n) is 10.5. The van der Waals surface area contributed by atoms with Gasteiger partial charge in [0, 0.05) is 20.1 Å². The molecule has 11 nitrogen and oxygen atoms in total. The number of aryl methyl sites for hydroxylation is 1. The van der Waals surface area contributed by atoms with E-state index in [1.54, 1.807) is 25.2 Å². The zero-order valence-electron chi connectivity index (χ0n) is 21.5. The van der Waals surface area contributed by atoms with Gasteiger partial charge in [0.15, 0.2) is 0 Å². The van der Waals surface area contributed by atoms with Gasteiger partial charge in [-0.25, -0.2) is 9.48 Å². The molecular weight excluding hydrogens is 474 g/mol. The smallest absolute Gasteiger partial charge is 0.325 e. The van der Waals surface area contributed by atoms with Crippen LogP contribution in [0.15, 0.2) is 30.5 Å². The Morgan fingerprint density at radius 1 is 1.16 bits per heavy atom. The summed E-state index contributed by atoms with van der Waals surface area (Å²) in [6, 6.07) is 7.00. The van der Waals surface area contributed by atoms with Crippen LogP contribution in [-0.2, 0) is 39.4 Å². The summed E-state index contributed by atoms with van der Waals surface area (Å²) in [4.78, 5) is 56.4. The summed E-state index contributed by atoms with van der Waals surface area (Å²) in [7, 11) is 3.34. The molecular formula is C26H33N7O4. The summed E-state index contributed by atoms with van der Waals surface area (Å²) >= 11 is 0. The number of hydrogen-bond donors (Lipinski definition) is 1. The molecule has 37 heavy (non-hydrogen) atoms. The number of carbonyl (C=O) groups is 4. The van der Waals surface area contributed by atoms with Crippen LogP contribution >= 0.6 is 0 Å². The summed E-state index contributed by atoms with van der Waals surface area (Å²) in [5.41, 5.74) is 1.30. The van der Waals surface area contributed by atoms with Crippen molar-refractivity contribution in [2.45, 2.75) is 63.7 Å². The van der Waals surface area contributed by atoms with Crippen LogP contribution in [0.4, 0.5) is 4.79 Å². The first-order chi connectivity index (χ1) is 17.7. The molecule has 0 bridgehead atoms. The lowest BCUT2D eigenvalue weighted by atomic mass is 9.79. The van der Waals surface area contributed by atoms with Crippen molar-refractivity contribution in [2.24, 2.45) is 5.92 Å². The van der Waals surface area contributed by atoms with Gasteiger partial charge in [-0.05, 0) is 49.7 Å². The molecule has 5 rings (SSSR count). The molecule has 1 saturated heterocycles. The lowest BCUT2D eigenvalue weighted by Crippen LogP contribution is -2.49. The number of urea groups is 1. The fraction of sp³-hybridized carbons (Fsp3) is 0.538. The summed E-state index contributed by atoms with van der Waals surface area (Å²) < 4.78 is 1.45. The molecule has 11 heteroatoms. The highest BCUT2D eigenvalue weighted by atomic mass is 16.2. The molecule has 196 valence electrons. The average molecular weight is 508 g/mol. The number of benzene rings is 1. The van der Waals surface area contributed by atoms with E-state index >= 15 is 0 Å². The van der Waals surface area contributed by atoms with Crippen LogP contribution in [0.2, 0.25) is 0 Å².